The summed E-state index contributed by atoms with van der Waals surface area (Å²) in [4.78, 5) is 36.0. The van der Waals surface area contributed by atoms with Gasteiger partial charge in [0, 0.05) is 12.0 Å². The number of alkyl carbamates (subject to hydrolysis) is 1. The van der Waals surface area contributed by atoms with Crippen molar-refractivity contribution < 1.29 is 33.0 Å². The van der Waals surface area contributed by atoms with Crippen molar-refractivity contribution in [2.45, 2.75) is 50.0 Å². The standard InChI is InChI=1S/C26H28F2N2O5/c27-26(28,24(32)33)15-29-23(31)20-12-2-1-3-13-22(20)30-25(34)35-14-21-18-10-6-4-8-16(18)17-9-5-7-11-19(17)21/h4-11,20-22H,1-3,12-15H2,(H,29,31)(H,30,34)(H,32,33). The zero-order valence-corrected chi connectivity index (χ0v) is 19.1. The number of carboxylic acids is 1. The van der Waals surface area contributed by atoms with Gasteiger partial charge in [0.25, 0.3) is 0 Å². The van der Waals surface area contributed by atoms with Gasteiger partial charge in [-0.25, -0.2) is 9.59 Å². The fourth-order valence-electron chi connectivity index (χ4n) is 4.99. The molecular weight excluding hydrogens is 458 g/mol. The van der Waals surface area contributed by atoms with Crippen molar-refractivity contribution in [3.05, 3.63) is 59.7 Å². The molecular formula is C26H28F2N2O5. The van der Waals surface area contributed by atoms with Gasteiger partial charge < -0.3 is 20.5 Å². The minimum Gasteiger partial charge on any atom is -0.477 e. The molecule has 9 heteroatoms. The lowest BCUT2D eigenvalue weighted by Crippen LogP contribution is -2.49. The van der Waals surface area contributed by atoms with Crippen LogP contribution < -0.4 is 10.6 Å². The number of ether oxygens (including phenoxy) is 1. The van der Waals surface area contributed by atoms with Crippen LogP contribution in [-0.4, -0.2) is 48.2 Å². The van der Waals surface area contributed by atoms with E-state index in [0.29, 0.717) is 19.3 Å². The predicted octanol–water partition coefficient (Wildman–Crippen LogP) is 4.31. The third-order valence-corrected chi connectivity index (χ3v) is 6.80. The fourth-order valence-corrected chi connectivity index (χ4v) is 4.99. The van der Waals surface area contributed by atoms with Crippen LogP contribution in [0.4, 0.5) is 13.6 Å². The van der Waals surface area contributed by atoms with E-state index in [-0.39, 0.29) is 12.5 Å². The Hall–Kier alpha value is -3.49. The molecule has 2 aromatic rings. The lowest BCUT2D eigenvalue weighted by molar-refractivity contribution is -0.164. The number of fused-ring (bicyclic) bond motifs is 3. The van der Waals surface area contributed by atoms with Gasteiger partial charge in [0.1, 0.15) is 6.61 Å². The molecule has 2 amide bonds. The molecule has 0 saturated heterocycles. The molecule has 2 aliphatic rings. The van der Waals surface area contributed by atoms with Crippen LogP contribution in [0.5, 0.6) is 0 Å². The number of carboxylic acid groups (broad SMARTS) is 1. The maximum absolute atomic E-state index is 13.4. The van der Waals surface area contributed by atoms with E-state index in [1.165, 1.54) is 0 Å². The Balaban J connectivity index is 1.39. The quantitative estimate of drug-likeness (QED) is 0.506. The van der Waals surface area contributed by atoms with Gasteiger partial charge in [-0.3, -0.25) is 4.79 Å². The maximum Gasteiger partial charge on any atom is 0.407 e. The van der Waals surface area contributed by atoms with Crippen molar-refractivity contribution in [3.63, 3.8) is 0 Å². The summed E-state index contributed by atoms with van der Waals surface area (Å²) in [6.45, 7) is -1.18. The van der Waals surface area contributed by atoms with E-state index in [4.69, 9.17) is 9.84 Å². The number of rotatable bonds is 7. The highest BCUT2D eigenvalue weighted by Crippen LogP contribution is 2.44. The average Bonchev–Trinajstić information content (AvgIpc) is 2.97. The van der Waals surface area contributed by atoms with Crippen LogP contribution in [0.2, 0.25) is 0 Å². The summed E-state index contributed by atoms with van der Waals surface area (Å²) in [7, 11) is 0. The second-order valence-electron chi connectivity index (χ2n) is 9.05. The number of aliphatic carboxylic acids is 1. The number of carbonyl (C=O) groups is 3. The molecule has 0 bridgehead atoms. The van der Waals surface area contributed by atoms with E-state index in [0.717, 1.165) is 35.1 Å². The van der Waals surface area contributed by atoms with Gasteiger partial charge >= 0.3 is 18.0 Å². The molecule has 35 heavy (non-hydrogen) atoms. The maximum atomic E-state index is 13.4. The molecule has 186 valence electrons. The van der Waals surface area contributed by atoms with Gasteiger partial charge in [0.2, 0.25) is 5.91 Å². The lowest BCUT2D eigenvalue weighted by Gasteiger charge is -2.26. The van der Waals surface area contributed by atoms with Crippen LogP contribution in [0.3, 0.4) is 0 Å². The molecule has 0 radical (unpaired) electrons. The molecule has 4 rings (SSSR count). The number of carbonyl (C=O) groups excluding carboxylic acids is 2. The van der Waals surface area contributed by atoms with Crippen LogP contribution in [-0.2, 0) is 14.3 Å². The van der Waals surface area contributed by atoms with Crippen molar-refractivity contribution in [1.82, 2.24) is 10.6 Å². The number of hydrogen-bond acceptors (Lipinski definition) is 4. The van der Waals surface area contributed by atoms with E-state index in [1.807, 2.05) is 53.8 Å². The van der Waals surface area contributed by atoms with Crippen LogP contribution >= 0.6 is 0 Å². The van der Waals surface area contributed by atoms with Gasteiger partial charge in [0.05, 0.1) is 12.5 Å². The Morgan fingerprint density at radius 1 is 0.943 bits per heavy atom. The normalized spacial score (nSPS) is 19.7. The number of benzene rings is 2. The second-order valence-corrected chi connectivity index (χ2v) is 9.05. The van der Waals surface area contributed by atoms with Crippen LogP contribution in [0.1, 0.15) is 49.1 Å². The summed E-state index contributed by atoms with van der Waals surface area (Å²) < 4.78 is 32.4. The van der Waals surface area contributed by atoms with E-state index < -0.39 is 42.4 Å². The molecule has 2 aliphatic carbocycles. The minimum absolute atomic E-state index is 0.111. The van der Waals surface area contributed by atoms with Crippen molar-refractivity contribution in [2.24, 2.45) is 5.92 Å². The van der Waals surface area contributed by atoms with Crippen molar-refractivity contribution in [1.29, 1.82) is 0 Å². The first-order valence-corrected chi connectivity index (χ1v) is 11.8. The lowest BCUT2D eigenvalue weighted by atomic mass is 9.93. The third-order valence-electron chi connectivity index (χ3n) is 6.80. The van der Waals surface area contributed by atoms with Gasteiger partial charge in [-0.1, -0.05) is 67.8 Å². The Morgan fingerprint density at radius 3 is 2.17 bits per heavy atom. The number of amides is 2. The number of nitrogens with one attached hydrogen (secondary N) is 2. The minimum atomic E-state index is -4.06. The second kappa shape index (κ2) is 10.4. The Morgan fingerprint density at radius 2 is 1.54 bits per heavy atom. The molecule has 0 aliphatic heterocycles. The highest BCUT2D eigenvalue weighted by molar-refractivity contribution is 5.82. The van der Waals surface area contributed by atoms with Crippen molar-refractivity contribution in [2.75, 3.05) is 13.2 Å². The predicted molar refractivity (Wildman–Crippen MR) is 124 cm³/mol. The molecule has 0 aromatic heterocycles. The molecule has 1 fully saturated rings. The van der Waals surface area contributed by atoms with Gasteiger partial charge in [0.15, 0.2) is 0 Å². The third kappa shape index (κ3) is 5.44. The fraction of sp³-hybridized carbons (Fsp3) is 0.423. The van der Waals surface area contributed by atoms with Gasteiger partial charge in [-0.05, 0) is 35.1 Å². The smallest absolute Gasteiger partial charge is 0.407 e. The van der Waals surface area contributed by atoms with E-state index in [9.17, 15) is 23.2 Å². The van der Waals surface area contributed by atoms with Crippen molar-refractivity contribution >= 4 is 18.0 Å². The highest BCUT2D eigenvalue weighted by Gasteiger charge is 2.40. The van der Waals surface area contributed by atoms with E-state index >= 15 is 0 Å². The first-order chi connectivity index (χ1) is 16.8. The molecule has 7 nitrogen and oxygen atoms in total. The summed E-state index contributed by atoms with van der Waals surface area (Å²) in [6.07, 6.45) is 2.54. The first kappa shape index (κ1) is 24.6. The van der Waals surface area contributed by atoms with Crippen molar-refractivity contribution in [3.8, 4) is 11.1 Å². The zero-order chi connectivity index (χ0) is 25.0. The van der Waals surface area contributed by atoms with Crippen LogP contribution in [0.25, 0.3) is 11.1 Å². The zero-order valence-electron chi connectivity index (χ0n) is 19.1. The Labute approximate surface area is 201 Å². The van der Waals surface area contributed by atoms with Gasteiger partial charge in [-0.2, -0.15) is 8.78 Å². The number of hydrogen-bond donors (Lipinski definition) is 3. The topological polar surface area (TPSA) is 105 Å². The summed E-state index contributed by atoms with van der Waals surface area (Å²) in [6, 6.07) is 15.3. The summed E-state index contributed by atoms with van der Waals surface area (Å²) in [5.41, 5.74) is 4.37. The molecule has 2 unspecified atom stereocenters. The average molecular weight is 487 g/mol. The summed E-state index contributed by atoms with van der Waals surface area (Å²) in [5, 5.41) is 13.4. The van der Waals surface area contributed by atoms with Gasteiger partial charge in [-0.15, -0.1) is 0 Å². The Kier molecular flexibility index (Phi) is 7.33. The monoisotopic (exact) mass is 486 g/mol. The number of alkyl halides is 2. The largest absolute Gasteiger partial charge is 0.477 e. The summed E-state index contributed by atoms with van der Waals surface area (Å²) >= 11 is 0. The van der Waals surface area contributed by atoms with E-state index in [2.05, 4.69) is 5.32 Å². The SMILES string of the molecule is O=C(NC1CCCCCC1C(=O)NCC(F)(F)C(=O)O)OCC1c2ccccc2-c2ccccc21. The highest BCUT2D eigenvalue weighted by atomic mass is 19.3. The first-order valence-electron chi connectivity index (χ1n) is 11.8. The van der Waals surface area contributed by atoms with E-state index in [1.54, 1.807) is 0 Å². The molecule has 1 saturated carbocycles. The van der Waals surface area contributed by atoms with Crippen LogP contribution in [0.15, 0.2) is 48.5 Å². The molecule has 0 spiro atoms. The summed E-state index contributed by atoms with van der Waals surface area (Å²) in [5.74, 6) is -7.92. The number of halogens is 2. The molecule has 0 heterocycles. The molecule has 2 atom stereocenters. The Bertz CT molecular complexity index is 1060. The van der Waals surface area contributed by atoms with Crippen LogP contribution in [0, 0.1) is 5.92 Å². The molecule has 3 N–H and O–H groups in total. The molecule has 2 aromatic carbocycles.